The average Bonchev–Trinajstić information content (AvgIpc) is 2.18. The predicted molar refractivity (Wildman–Crippen MR) is 64.9 cm³/mol. The van der Waals surface area contributed by atoms with E-state index in [9.17, 15) is 4.57 Å². The largest absolute Gasteiger partial charge is 0.391 e. The Balaban J connectivity index is 5.14. The third-order valence-corrected chi connectivity index (χ3v) is 3.81. The molecule has 16 heavy (non-hydrogen) atoms. The highest BCUT2D eigenvalue weighted by Gasteiger charge is 2.28. The molecule has 1 atom stereocenters. The summed E-state index contributed by atoms with van der Waals surface area (Å²) in [6.45, 7) is 5.17. The van der Waals surface area contributed by atoms with Gasteiger partial charge in [0.05, 0.1) is 25.2 Å². The molecule has 94 valence electrons. The van der Waals surface area contributed by atoms with Crippen LogP contribution < -0.4 is 0 Å². The number of rotatable bonds is 7. The molecule has 0 fully saturated rings. The second kappa shape index (κ2) is 8.08. The summed E-state index contributed by atoms with van der Waals surface area (Å²) in [7, 11) is -3.42. The van der Waals surface area contributed by atoms with Gasteiger partial charge in [-0.15, -0.1) is 17.3 Å². The van der Waals surface area contributed by atoms with Crippen LogP contribution in [0.15, 0.2) is 17.1 Å². The van der Waals surface area contributed by atoms with Gasteiger partial charge in [-0.2, -0.15) is 0 Å². The van der Waals surface area contributed by atoms with Crippen LogP contribution in [0.4, 0.5) is 0 Å². The van der Waals surface area contributed by atoms with Crippen LogP contribution in [0.2, 0.25) is 0 Å². The summed E-state index contributed by atoms with van der Waals surface area (Å²) in [6, 6.07) is 0. The smallest absolute Gasteiger partial charge is 0.367 e. The van der Waals surface area contributed by atoms with Crippen molar-refractivity contribution in [1.29, 1.82) is 0 Å². The first-order valence-corrected chi connectivity index (χ1v) is 7.08. The predicted octanol–water partition coefficient (Wildman–Crippen LogP) is 2.91. The van der Waals surface area contributed by atoms with Gasteiger partial charge in [-0.25, -0.2) is 0 Å². The molecule has 0 amide bonds. The molecule has 0 saturated heterocycles. The Morgan fingerprint density at radius 2 is 2.00 bits per heavy atom. The molecule has 0 spiro atoms. The van der Waals surface area contributed by atoms with Gasteiger partial charge in [-0.1, -0.05) is 0 Å². The Bertz CT molecular complexity index is 298. The van der Waals surface area contributed by atoms with Crippen LogP contribution >= 0.6 is 19.2 Å². The normalized spacial score (nSPS) is 13.1. The molecule has 0 aromatic carbocycles. The zero-order valence-electron chi connectivity index (χ0n) is 9.77. The van der Waals surface area contributed by atoms with Gasteiger partial charge in [0.1, 0.15) is 5.31 Å². The lowest BCUT2D eigenvalue weighted by atomic mass is 10.4. The molecule has 0 aliphatic carbocycles. The highest BCUT2D eigenvalue weighted by molar-refractivity contribution is 7.58. The van der Waals surface area contributed by atoms with E-state index < -0.39 is 14.2 Å². The van der Waals surface area contributed by atoms with Gasteiger partial charge >= 0.3 is 7.60 Å². The number of halogens is 1. The minimum Gasteiger partial charge on any atom is -0.391 e. The fraction of sp³-hybridized carbons (Fsp3) is 0.700. The van der Waals surface area contributed by atoms with Crippen molar-refractivity contribution in [3.63, 3.8) is 0 Å². The minimum atomic E-state index is -3.42. The molecule has 0 rings (SSSR count). The summed E-state index contributed by atoms with van der Waals surface area (Å²) in [5.41, 5.74) is 2.68. The second-order valence-corrected chi connectivity index (χ2v) is 5.67. The monoisotopic (exact) mass is 268 g/mol. The van der Waals surface area contributed by atoms with E-state index in [0.717, 1.165) is 0 Å². The maximum atomic E-state index is 12.2. The first-order chi connectivity index (χ1) is 7.50. The molecule has 0 saturated carbocycles. The van der Waals surface area contributed by atoms with Crippen LogP contribution in [0, 0.1) is 0 Å². The summed E-state index contributed by atoms with van der Waals surface area (Å²) in [5, 5.41) is 8.97. The molecule has 0 aliphatic rings. The van der Waals surface area contributed by atoms with E-state index in [1.54, 1.807) is 20.8 Å². The van der Waals surface area contributed by atoms with E-state index in [-0.39, 0.29) is 23.9 Å². The molecule has 4 nitrogen and oxygen atoms in total. The summed E-state index contributed by atoms with van der Waals surface area (Å²) in [5.74, 6) is 0. The maximum absolute atomic E-state index is 12.2. The highest BCUT2D eigenvalue weighted by Crippen LogP contribution is 2.55. The lowest BCUT2D eigenvalue weighted by Gasteiger charge is -2.17. The fourth-order valence-electron chi connectivity index (χ4n) is 0.955. The van der Waals surface area contributed by atoms with Crippen LogP contribution in [0.25, 0.3) is 0 Å². The minimum absolute atomic E-state index is 0.101. The zero-order valence-corrected chi connectivity index (χ0v) is 11.4. The second-order valence-electron chi connectivity index (χ2n) is 2.93. The van der Waals surface area contributed by atoms with E-state index in [4.69, 9.17) is 25.8 Å². The first-order valence-electron chi connectivity index (χ1n) is 5.10. The standard InChI is InChI=1S/C10H18ClO4P/c1-4-14-16(13,15-5-2)10(8-12)7-6-9(3)11/h6,9,12H,4-5,8H2,1-3H3. The van der Waals surface area contributed by atoms with Gasteiger partial charge in [0.25, 0.3) is 0 Å². The summed E-state index contributed by atoms with van der Waals surface area (Å²) in [6.07, 6.45) is 1.50. The molecule has 6 heteroatoms. The number of hydrogen-bond donors (Lipinski definition) is 1. The number of aliphatic hydroxyl groups excluding tert-OH is 1. The number of hydrogen-bond acceptors (Lipinski definition) is 4. The molecule has 0 heterocycles. The molecule has 0 radical (unpaired) electrons. The van der Waals surface area contributed by atoms with E-state index in [2.05, 4.69) is 5.73 Å². The average molecular weight is 269 g/mol. The zero-order chi connectivity index (χ0) is 12.6. The van der Waals surface area contributed by atoms with Crippen molar-refractivity contribution < 1.29 is 18.7 Å². The van der Waals surface area contributed by atoms with Gasteiger partial charge in [0.2, 0.25) is 0 Å². The molecular weight excluding hydrogens is 251 g/mol. The van der Waals surface area contributed by atoms with Crippen molar-refractivity contribution in [3.8, 4) is 0 Å². The van der Waals surface area contributed by atoms with E-state index in [1.165, 1.54) is 6.08 Å². The van der Waals surface area contributed by atoms with Crippen molar-refractivity contribution in [1.82, 2.24) is 0 Å². The SMILES string of the molecule is CCOP(=O)(OCC)C(=C=CC(C)Cl)CO. The van der Waals surface area contributed by atoms with Crippen molar-refractivity contribution >= 4 is 19.2 Å². The summed E-state index contributed by atoms with van der Waals surface area (Å²) < 4.78 is 22.3. The van der Waals surface area contributed by atoms with E-state index in [0.29, 0.717) is 0 Å². The maximum Gasteiger partial charge on any atom is 0.367 e. The Kier molecular flexibility index (Phi) is 8.04. The number of aliphatic hydroxyl groups is 1. The molecule has 1 unspecified atom stereocenters. The van der Waals surface area contributed by atoms with Crippen LogP contribution in [0.5, 0.6) is 0 Å². The van der Waals surface area contributed by atoms with Crippen molar-refractivity contribution in [2.75, 3.05) is 19.8 Å². The van der Waals surface area contributed by atoms with Crippen LogP contribution in [0.1, 0.15) is 20.8 Å². The third kappa shape index (κ3) is 5.31. The Hall–Kier alpha value is -0.0800. The van der Waals surface area contributed by atoms with Crippen LogP contribution in [-0.4, -0.2) is 30.3 Å². The van der Waals surface area contributed by atoms with Gasteiger partial charge in [-0.3, -0.25) is 4.57 Å². The molecule has 0 aromatic heterocycles. The topological polar surface area (TPSA) is 55.8 Å². The van der Waals surface area contributed by atoms with Gasteiger partial charge < -0.3 is 14.2 Å². The Labute approximate surface area is 101 Å². The van der Waals surface area contributed by atoms with E-state index >= 15 is 0 Å². The molecule has 0 aromatic rings. The third-order valence-electron chi connectivity index (χ3n) is 1.56. The van der Waals surface area contributed by atoms with Crippen LogP contribution in [-0.2, 0) is 13.6 Å². The van der Waals surface area contributed by atoms with Crippen LogP contribution in [0.3, 0.4) is 0 Å². The Morgan fingerprint density at radius 1 is 1.50 bits per heavy atom. The molecule has 0 aliphatic heterocycles. The number of alkyl halides is 1. The van der Waals surface area contributed by atoms with Crippen molar-refractivity contribution in [2.45, 2.75) is 26.1 Å². The van der Waals surface area contributed by atoms with Gasteiger partial charge in [0, 0.05) is 0 Å². The summed E-state index contributed by atoms with van der Waals surface area (Å²) >= 11 is 5.70. The summed E-state index contributed by atoms with van der Waals surface area (Å²) in [4.78, 5) is 0. The lowest BCUT2D eigenvalue weighted by Crippen LogP contribution is -2.01. The van der Waals surface area contributed by atoms with Crippen molar-refractivity contribution in [2.24, 2.45) is 0 Å². The first kappa shape index (κ1) is 15.9. The van der Waals surface area contributed by atoms with Gasteiger partial charge in [-0.05, 0) is 26.8 Å². The quantitative estimate of drug-likeness (QED) is 0.438. The molecule has 0 bridgehead atoms. The Morgan fingerprint density at radius 3 is 2.31 bits per heavy atom. The molecular formula is C10H18ClO4P. The van der Waals surface area contributed by atoms with Gasteiger partial charge in [0.15, 0.2) is 0 Å². The molecule has 1 N–H and O–H groups in total. The van der Waals surface area contributed by atoms with Crippen molar-refractivity contribution in [3.05, 3.63) is 17.1 Å². The van der Waals surface area contributed by atoms with E-state index in [1.807, 2.05) is 0 Å². The fourth-order valence-corrected chi connectivity index (χ4v) is 2.49. The lowest BCUT2D eigenvalue weighted by molar-refractivity contribution is 0.220. The highest BCUT2D eigenvalue weighted by atomic mass is 35.5.